The molecule has 0 spiro atoms. The molecule has 1 saturated heterocycles. The topological polar surface area (TPSA) is 58.3 Å². The van der Waals surface area contributed by atoms with E-state index in [0.717, 1.165) is 38.0 Å². The lowest BCUT2D eigenvalue weighted by atomic mass is 9.94. The van der Waals surface area contributed by atoms with E-state index >= 15 is 0 Å². The molecule has 1 aromatic heterocycles. The van der Waals surface area contributed by atoms with Crippen LogP contribution in [0.5, 0.6) is 0 Å². The molecule has 104 valence electrons. The third-order valence-corrected chi connectivity index (χ3v) is 4.42. The molecule has 1 aromatic rings. The van der Waals surface area contributed by atoms with Crippen LogP contribution in [0.4, 0.5) is 11.5 Å². The highest BCUT2D eigenvalue weighted by Gasteiger charge is 2.26. The normalized spacial score (nSPS) is 22.6. The maximum Gasteiger partial charge on any atom is 0.155 e. The second-order valence-corrected chi connectivity index (χ2v) is 5.62. The van der Waals surface area contributed by atoms with Gasteiger partial charge in [-0.25, -0.2) is 9.97 Å². The molecule has 0 amide bonds. The van der Waals surface area contributed by atoms with Crippen LogP contribution in [0.3, 0.4) is 0 Å². The van der Waals surface area contributed by atoms with Crippen molar-refractivity contribution >= 4 is 11.5 Å². The fraction of sp³-hybridized carbons (Fsp3) is 0.714. The lowest BCUT2D eigenvalue weighted by molar-refractivity contribution is 0.147. The zero-order valence-corrected chi connectivity index (χ0v) is 11.5. The summed E-state index contributed by atoms with van der Waals surface area (Å²) in [6.07, 6.45) is 10.3. The van der Waals surface area contributed by atoms with Gasteiger partial charge in [0.2, 0.25) is 0 Å². The predicted octanol–water partition coefficient (Wildman–Crippen LogP) is 1.51. The maximum absolute atomic E-state index is 5.95. The van der Waals surface area contributed by atoms with Gasteiger partial charge in [-0.15, -0.1) is 0 Å². The van der Waals surface area contributed by atoms with Gasteiger partial charge in [-0.3, -0.25) is 4.90 Å². The van der Waals surface area contributed by atoms with Crippen LogP contribution in [0.1, 0.15) is 32.1 Å². The Labute approximate surface area is 114 Å². The maximum atomic E-state index is 5.95. The van der Waals surface area contributed by atoms with Crippen LogP contribution in [0.15, 0.2) is 12.5 Å². The molecular weight excluding hydrogens is 238 g/mol. The largest absolute Gasteiger partial charge is 0.394 e. The molecule has 5 heteroatoms. The SMILES string of the molecule is Nc1cncnc1N1CCN(C2CCCCC2)CC1. The minimum Gasteiger partial charge on any atom is -0.394 e. The first-order valence-corrected chi connectivity index (χ1v) is 7.39. The van der Waals surface area contributed by atoms with Gasteiger partial charge in [-0.2, -0.15) is 0 Å². The second-order valence-electron chi connectivity index (χ2n) is 5.62. The zero-order valence-electron chi connectivity index (χ0n) is 11.5. The molecule has 2 aliphatic rings. The third-order valence-electron chi connectivity index (χ3n) is 4.42. The average Bonchev–Trinajstić information content (AvgIpc) is 2.49. The molecule has 0 atom stereocenters. The zero-order chi connectivity index (χ0) is 13.1. The molecule has 2 heterocycles. The summed E-state index contributed by atoms with van der Waals surface area (Å²) in [6.45, 7) is 4.32. The monoisotopic (exact) mass is 261 g/mol. The van der Waals surface area contributed by atoms with Gasteiger partial charge < -0.3 is 10.6 Å². The third kappa shape index (κ3) is 2.81. The standard InChI is InChI=1S/C14H23N5/c15-13-10-16-11-17-14(13)19-8-6-18(7-9-19)12-4-2-1-3-5-12/h10-12H,1-9,15H2. The number of nitrogen functional groups attached to an aromatic ring is 1. The summed E-state index contributed by atoms with van der Waals surface area (Å²) in [6, 6.07) is 0.818. The van der Waals surface area contributed by atoms with E-state index in [9.17, 15) is 0 Å². The number of nitrogens with zero attached hydrogens (tertiary/aromatic N) is 4. The number of anilines is 2. The highest BCUT2D eigenvalue weighted by molar-refractivity contribution is 5.61. The molecule has 2 fully saturated rings. The van der Waals surface area contributed by atoms with Gasteiger partial charge in [-0.05, 0) is 12.8 Å². The molecule has 19 heavy (non-hydrogen) atoms. The Morgan fingerprint density at radius 3 is 2.47 bits per heavy atom. The van der Waals surface area contributed by atoms with Gasteiger partial charge in [-0.1, -0.05) is 19.3 Å². The molecule has 0 unspecified atom stereocenters. The lowest BCUT2D eigenvalue weighted by Gasteiger charge is -2.41. The van der Waals surface area contributed by atoms with Gasteiger partial charge in [0.15, 0.2) is 5.82 Å². The number of piperazine rings is 1. The molecule has 0 bridgehead atoms. The summed E-state index contributed by atoms with van der Waals surface area (Å²) in [5.74, 6) is 0.901. The van der Waals surface area contributed by atoms with Gasteiger partial charge in [0, 0.05) is 32.2 Å². The van der Waals surface area contributed by atoms with E-state index in [0.29, 0.717) is 5.69 Å². The summed E-state index contributed by atoms with van der Waals surface area (Å²) >= 11 is 0. The van der Waals surface area contributed by atoms with Crippen molar-refractivity contribution in [3.8, 4) is 0 Å². The first kappa shape index (κ1) is 12.7. The molecule has 5 nitrogen and oxygen atoms in total. The summed E-state index contributed by atoms with van der Waals surface area (Å²) in [5.41, 5.74) is 6.64. The van der Waals surface area contributed by atoms with Crippen molar-refractivity contribution in [3.05, 3.63) is 12.5 Å². The Hall–Kier alpha value is -1.36. The minimum atomic E-state index is 0.689. The number of hydrogen-bond acceptors (Lipinski definition) is 5. The molecule has 1 saturated carbocycles. The van der Waals surface area contributed by atoms with Crippen LogP contribution >= 0.6 is 0 Å². The number of nitrogens with two attached hydrogens (primary N) is 1. The van der Waals surface area contributed by atoms with Gasteiger partial charge in [0.25, 0.3) is 0 Å². The molecule has 2 N–H and O–H groups in total. The Morgan fingerprint density at radius 1 is 1.05 bits per heavy atom. The number of hydrogen-bond donors (Lipinski definition) is 1. The lowest BCUT2D eigenvalue weighted by Crippen LogP contribution is -2.51. The first-order chi connectivity index (χ1) is 9.34. The molecule has 0 radical (unpaired) electrons. The van der Waals surface area contributed by atoms with Gasteiger partial charge in [0.1, 0.15) is 6.33 Å². The van der Waals surface area contributed by atoms with Crippen molar-refractivity contribution in [3.63, 3.8) is 0 Å². The second kappa shape index (κ2) is 5.74. The molecule has 0 aromatic carbocycles. The van der Waals surface area contributed by atoms with Crippen LogP contribution in [0.25, 0.3) is 0 Å². The van der Waals surface area contributed by atoms with Crippen LogP contribution in [-0.2, 0) is 0 Å². The summed E-state index contributed by atoms with van der Waals surface area (Å²) in [5, 5.41) is 0. The highest BCUT2D eigenvalue weighted by atomic mass is 15.3. The fourth-order valence-corrected chi connectivity index (χ4v) is 3.34. The Bertz CT molecular complexity index is 408. The van der Waals surface area contributed by atoms with E-state index in [2.05, 4.69) is 19.8 Å². The van der Waals surface area contributed by atoms with Crippen LogP contribution in [0.2, 0.25) is 0 Å². The molecular formula is C14H23N5. The number of rotatable bonds is 2. The molecule has 1 aliphatic heterocycles. The predicted molar refractivity (Wildman–Crippen MR) is 77.1 cm³/mol. The number of aromatic nitrogens is 2. The highest BCUT2D eigenvalue weighted by Crippen LogP contribution is 2.25. The van der Waals surface area contributed by atoms with Crippen molar-refractivity contribution < 1.29 is 0 Å². The first-order valence-electron chi connectivity index (χ1n) is 7.39. The summed E-state index contributed by atoms with van der Waals surface area (Å²) in [4.78, 5) is 13.2. The minimum absolute atomic E-state index is 0.689. The van der Waals surface area contributed by atoms with Crippen LogP contribution < -0.4 is 10.6 Å². The summed E-state index contributed by atoms with van der Waals surface area (Å²) < 4.78 is 0. The Balaban J connectivity index is 1.58. The van der Waals surface area contributed by atoms with E-state index in [-0.39, 0.29) is 0 Å². The van der Waals surface area contributed by atoms with Crippen LogP contribution in [-0.4, -0.2) is 47.1 Å². The van der Waals surface area contributed by atoms with Crippen molar-refractivity contribution in [2.24, 2.45) is 0 Å². The van der Waals surface area contributed by atoms with E-state index in [1.807, 2.05) is 0 Å². The van der Waals surface area contributed by atoms with E-state index < -0.39 is 0 Å². The van der Waals surface area contributed by atoms with Crippen molar-refractivity contribution in [2.45, 2.75) is 38.1 Å². The van der Waals surface area contributed by atoms with Gasteiger partial charge in [0.05, 0.1) is 11.9 Å². The van der Waals surface area contributed by atoms with E-state index in [4.69, 9.17) is 5.73 Å². The Morgan fingerprint density at radius 2 is 1.79 bits per heavy atom. The van der Waals surface area contributed by atoms with Crippen LogP contribution in [0, 0.1) is 0 Å². The molecule has 3 rings (SSSR count). The average molecular weight is 261 g/mol. The van der Waals surface area contributed by atoms with Crippen molar-refractivity contribution in [1.29, 1.82) is 0 Å². The fourth-order valence-electron chi connectivity index (χ4n) is 3.34. The summed E-state index contributed by atoms with van der Waals surface area (Å²) in [7, 11) is 0. The van der Waals surface area contributed by atoms with Crippen molar-refractivity contribution in [1.82, 2.24) is 14.9 Å². The smallest absolute Gasteiger partial charge is 0.155 e. The van der Waals surface area contributed by atoms with E-state index in [1.165, 1.54) is 32.1 Å². The quantitative estimate of drug-likeness (QED) is 0.874. The van der Waals surface area contributed by atoms with Crippen molar-refractivity contribution in [2.75, 3.05) is 36.8 Å². The molecule has 1 aliphatic carbocycles. The Kier molecular flexibility index (Phi) is 3.82. The van der Waals surface area contributed by atoms with Gasteiger partial charge >= 0.3 is 0 Å². The van der Waals surface area contributed by atoms with E-state index in [1.54, 1.807) is 12.5 Å².